The fourth-order valence-corrected chi connectivity index (χ4v) is 3.27. The number of hydrogen-bond donors (Lipinski definition) is 1. The standard InChI is InChI=1S/C20H23N3O3/c1-15-13-17(7-10-19(15)23(25)26)20(24)21-18-8-5-16(6-9-18)14-22-11-3-2-4-12-22/h5-10,13H,2-4,11-12,14H2,1H3,(H,21,24). The van der Waals surface area contributed by atoms with Crippen LogP contribution in [0.5, 0.6) is 0 Å². The van der Waals surface area contributed by atoms with E-state index in [1.165, 1.54) is 43.0 Å². The smallest absolute Gasteiger partial charge is 0.272 e. The van der Waals surface area contributed by atoms with Crippen LogP contribution in [-0.2, 0) is 6.54 Å². The van der Waals surface area contributed by atoms with Crippen LogP contribution in [0.15, 0.2) is 42.5 Å². The summed E-state index contributed by atoms with van der Waals surface area (Å²) in [4.78, 5) is 25.2. The van der Waals surface area contributed by atoms with Gasteiger partial charge in [0.2, 0.25) is 0 Å². The highest BCUT2D eigenvalue weighted by Crippen LogP contribution is 2.20. The van der Waals surface area contributed by atoms with Gasteiger partial charge in [0.25, 0.3) is 11.6 Å². The minimum Gasteiger partial charge on any atom is -0.322 e. The van der Waals surface area contributed by atoms with Crippen LogP contribution in [0.2, 0.25) is 0 Å². The average molecular weight is 353 g/mol. The number of nitrogens with one attached hydrogen (secondary N) is 1. The Hall–Kier alpha value is -2.73. The number of piperidine rings is 1. The zero-order chi connectivity index (χ0) is 18.5. The Morgan fingerprint density at radius 2 is 1.81 bits per heavy atom. The number of likely N-dealkylation sites (tertiary alicyclic amines) is 1. The predicted octanol–water partition coefficient (Wildman–Crippen LogP) is 4.14. The van der Waals surface area contributed by atoms with Gasteiger partial charge in [-0.2, -0.15) is 0 Å². The van der Waals surface area contributed by atoms with E-state index < -0.39 is 4.92 Å². The first-order valence-corrected chi connectivity index (χ1v) is 8.90. The highest BCUT2D eigenvalue weighted by molar-refractivity contribution is 6.04. The van der Waals surface area contributed by atoms with Crippen molar-refractivity contribution >= 4 is 17.3 Å². The highest BCUT2D eigenvalue weighted by atomic mass is 16.6. The normalized spacial score (nSPS) is 14.8. The van der Waals surface area contributed by atoms with E-state index in [9.17, 15) is 14.9 Å². The van der Waals surface area contributed by atoms with Gasteiger partial charge in [0.15, 0.2) is 0 Å². The number of nitro groups is 1. The average Bonchev–Trinajstić information content (AvgIpc) is 2.64. The minimum absolute atomic E-state index is 0.0172. The molecule has 1 N–H and O–H groups in total. The fourth-order valence-electron chi connectivity index (χ4n) is 3.27. The van der Waals surface area contributed by atoms with Gasteiger partial charge in [-0.1, -0.05) is 18.6 Å². The first-order valence-electron chi connectivity index (χ1n) is 8.90. The Morgan fingerprint density at radius 3 is 2.42 bits per heavy atom. The number of carbonyl (C=O) groups excluding carboxylic acids is 1. The van der Waals surface area contributed by atoms with E-state index in [-0.39, 0.29) is 11.6 Å². The molecule has 2 aromatic carbocycles. The van der Waals surface area contributed by atoms with E-state index in [0.29, 0.717) is 16.8 Å². The van der Waals surface area contributed by atoms with Crippen LogP contribution in [0.4, 0.5) is 11.4 Å². The third-order valence-corrected chi connectivity index (χ3v) is 4.72. The maximum atomic E-state index is 12.4. The molecule has 26 heavy (non-hydrogen) atoms. The van der Waals surface area contributed by atoms with Gasteiger partial charge >= 0.3 is 0 Å². The molecule has 136 valence electrons. The van der Waals surface area contributed by atoms with Gasteiger partial charge in [0, 0.05) is 29.4 Å². The summed E-state index contributed by atoms with van der Waals surface area (Å²) in [6.07, 6.45) is 3.86. The molecular formula is C20H23N3O3. The molecule has 0 saturated carbocycles. The summed E-state index contributed by atoms with van der Waals surface area (Å²) in [7, 11) is 0. The second kappa shape index (κ2) is 8.10. The molecule has 0 atom stereocenters. The molecule has 1 saturated heterocycles. The number of anilines is 1. The topological polar surface area (TPSA) is 75.5 Å². The number of aryl methyl sites for hydroxylation is 1. The molecule has 6 nitrogen and oxygen atoms in total. The van der Waals surface area contributed by atoms with Crippen LogP contribution in [0, 0.1) is 17.0 Å². The monoisotopic (exact) mass is 353 g/mol. The van der Waals surface area contributed by atoms with Gasteiger partial charge in [-0.3, -0.25) is 19.8 Å². The van der Waals surface area contributed by atoms with Gasteiger partial charge in [-0.25, -0.2) is 0 Å². The molecule has 1 aliphatic rings. The summed E-state index contributed by atoms with van der Waals surface area (Å²) in [6, 6.07) is 12.2. The molecule has 0 radical (unpaired) electrons. The number of nitrogens with zero attached hydrogens (tertiary/aromatic N) is 2. The zero-order valence-electron chi connectivity index (χ0n) is 14.9. The summed E-state index contributed by atoms with van der Waals surface area (Å²) in [5, 5.41) is 13.7. The summed E-state index contributed by atoms with van der Waals surface area (Å²) in [5.41, 5.74) is 2.85. The minimum atomic E-state index is -0.446. The lowest BCUT2D eigenvalue weighted by Crippen LogP contribution is -2.29. The van der Waals surface area contributed by atoms with Gasteiger partial charge in [-0.15, -0.1) is 0 Å². The van der Waals surface area contributed by atoms with Gasteiger partial charge < -0.3 is 5.32 Å². The molecule has 2 aromatic rings. The van der Waals surface area contributed by atoms with Crippen LogP contribution in [-0.4, -0.2) is 28.8 Å². The molecule has 0 spiro atoms. The van der Waals surface area contributed by atoms with Crippen molar-refractivity contribution in [3.8, 4) is 0 Å². The predicted molar refractivity (Wildman–Crippen MR) is 101 cm³/mol. The number of amides is 1. The van der Waals surface area contributed by atoms with Crippen molar-refractivity contribution < 1.29 is 9.72 Å². The number of nitro benzene ring substituents is 1. The lowest BCUT2D eigenvalue weighted by Gasteiger charge is -2.26. The summed E-state index contributed by atoms with van der Waals surface area (Å²) < 4.78 is 0. The summed E-state index contributed by atoms with van der Waals surface area (Å²) >= 11 is 0. The van der Waals surface area contributed by atoms with Crippen LogP contribution < -0.4 is 5.32 Å². The van der Waals surface area contributed by atoms with Crippen LogP contribution in [0.25, 0.3) is 0 Å². The Balaban J connectivity index is 1.62. The number of carbonyl (C=O) groups is 1. The largest absolute Gasteiger partial charge is 0.322 e. The van der Waals surface area contributed by atoms with Crippen molar-refractivity contribution in [3.05, 3.63) is 69.3 Å². The molecule has 1 aliphatic heterocycles. The van der Waals surface area contributed by atoms with Crippen molar-refractivity contribution in [1.82, 2.24) is 4.90 Å². The molecule has 3 rings (SSSR count). The number of rotatable bonds is 5. The van der Waals surface area contributed by atoms with E-state index in [1.807, 2.05) is 24.3 Å². The van der Waals surface area contributed by atoms with Crippen molar-refractivity contribution in [1.29, 1.82) is 0 Å². The van der Waals surface area contributed by atoms with Crippen LogP contribution >= 0.6 is 0 Å². The first-order chi connectivity index (χ1) is 12.5. The maximum Gasteiger partial charge on any atom is 0.272 e. The lowest BCUT2D eigenvalue weighted by molar-refractivity contribution is -0.385. The zero-order valence-corrected chi connectivity index (χ0v) is 14.9. The second-order valence-electron chi connectivity index (χ2n) is 6.75. The molecule has 0 aliphatic carbocycles. The van der Waals surface area contributed by atoms with E-state index in [2.05, 4.69) is 10.2 Å². The molecule has 0 aromatic heterocycles. The fraction of sp³-hybridized carbons (Fsp3) is 0.350. The molecular weight excluding hydrogens is 330 g/mol. The molecule has 6 heteroatoms. The Bertz CT molecular complexity index is 796. The Labute approximate surface area is 153 Å². The van der Waals surface area contributed by atoms with Crippen molar-refractivity contribution in [2.75, 3.05) is 18.4 Å². The lowest BCUT2D eigenvalue weighted by atomic mass is 10.1. The third kappa shape index (κ3) is 4.46. The van der Waals surface area contributed by atoms with Crippen LogP contribution in [0.3, 0.4) is 0 Å². The number of benzene rings is 2. The van der Waals surface area contributed by atoms with E-state index in [4.69, 9.17) is 0 Å². The van der Waals surface area contributed by atoms with Gasteiger partial charge in [0.1, 0.15) is 0 Å². The van der Waals surface area contributed by atoms with Crippen molar-refractivity contribution in [2.45, 2.75) is 32.7 Å². The second-order valence-corrected chi connectivity index (χ2v) is 6.75. The van der Waals surface area contributed by atoms with E-state index in [0.717, 1.165) is 19.6 Å². The van der Waals surface area contributed by atoms with Crippen molar-refractivity contribution in [3.63, 3.8) is 0 Å². The van der Waals surface area contributed by atoms with Crippen LogP contribution in [0.1, 0.15) is 40.7 Å². The third-order valence-electron chi connectivity index (χ3n) is 4.72. The van der Waals surface area contributed by atoms with Gasteiger partial charge in [-0.05, 0) is 62.7 Å². The van der Waals surface area contributed by atoms with E-state index >= 15 is 0 Å². The Kier molecular flexibility index (Phi) is 5.63. The molecule has 1 heterocycles. The molecule has 1 fully saturated rings. The molecule has 0 unspecified atom stereocenters. The highest BCUT2D eigenvalue weighted by Gasteiger charge is 2.14. The molecule has 1 amide bonds. The Morgan fingerprint density at radius 1 is 1.12 bits per heavy atom. The quantitative estimate of drug-likeness (QED) is 0.647. The summed E-state index contributed by atoms with van der Waals surface area (Å²) in [5.74, 6) is -0.272. The summed E-state index contributed by atoms with van der Waals surface area (Å²) in [6.45, 7) is 4.87. The van der Waals surface area contributed by atoms with Crippen molar-refractivity contribution in [2.24, 2.45) is 0 Å². The maximum absolute atomic E-state index is 12.4. The molecule has 0 bridgehead atoms. The SMILES string of the molecule is Cc1cc(C(=O)Nc2ccc(CN3CCCCC3)cc2)ccc1[N+](=O)[O-]. The first kappa shape index (κ1) is 18.1. The van der Waals surface area contributed by atoms with Gasteiger partial charge in [0.05, 0.1) is 4.92 Å². The van der Waals surface area contributed by atoms with E-state index in [1.54, 1.807) is 6.92 Å². The number of hydrogen-bond acceptors (Lipinski definition) is 4.